The molecule has 1 aliphatic heterocycles. The van der Waals surface area contributed by atoms with Gasteiger partial charge in [0, 0.05) is 6.42 Å². The molecule has 0 saturated carbocycles. The Morgan fingerprint density at radius 1 is 1.75 bits per heavy atom. The molecule has 1 saturated heterocycles. The molecular formula is C6H11O2. The van der Waals surface area contributed by atoms with Crippen molar-refractivity contribution in [3.63, 3.8) is 0 Å². The first-order valence-electron chi connectivity index (χ1n) is 2.90. The van der Waals surface area contributed by atoms with E-state index in [0.717, 1.165) is 6.61 Å². The maximum absolute atomic E-state index is 10.9. The second kappa shape index (κ2) is 1.71. The Morgan fingerprint density at radius 2 is 2.25 bits per heavy atom. The first-order chi connectivity index (χ1) is 3.58. The van der Waals surface area contributed by atoms with Gasteiger partial charge in [-0.05, 0) is 13.8 Å². The number of epoxide rings is 1. The minimum absolute atomic E-state index is 0.280. The fraction of sp³-hybridized carbons (Fsp3) is 1.00. The van der Waals surface area contributed by atoms with Crippen LogP contribution in [0.2, 0.25) is 0 Å². The third-order valence-electron chi connectivity index (χ3n) is 1.12. The van der Waals surface area contributed by atoms with Gasteiger partial charge in [0.15, 0.2) is 0 Å². The van der Waals surface area contributed by atoms with Gasteiger partial charge in [-0.3, -0.25) is 0 Å². The van der Waals surface area contributed by atoms with E-state index in [1.807, 2.05) is 0 Å². The average molecular weight is 115 g/mol. The lowest BCUT2D eigenvalue weighted by Gasteiger charge is -2.10. The third kappa shape index (κ3) is 2.28. The van der Waals surface area contributed by atoms with Crippen molar-refractivity contribution in [2.24, 2.45) is 0 Å². The van der Waals surface area contributed by atoms with E-state index < -0.39 is 5.60 Å². The van der Waals surface area contributed by atoms with Gasteiger partial charge in [0.2, 0.25) is 0 Å². The molecule has 1 atom stereocenters. The minimum Gasteiger partial charge on any atom is -0.373 e. The number of ether oxygens (including phenoxy) is 1. The highest BCUT2D eigenvalue weighted by Crippen LogP contribution is 2.21. The first-order valence-corrected chi connectivity index (χ1v) is 2.90. The summed E-state index contributed by atoms with van der Waals surface area (Å²) in [7, 11) is 0. The van der Waals surface area contributed by atoms with Gasteiger partial charge in [-0.2, -0.15) is 0 Å². The maximum Gasteiger partial charge on any atom is 0.101 e. The average Bonchev–Trinajstić information content (AvgIpc) is 2.12. The lowest BCUT2D eigenvalue weighted by Crippen LogP contribution is -2.18. The molecule has 1 heterocycles. The van der Waals surface area contributed by atoms with Gasteiger partial charge < -0.3 is 4.74 Å². The molecule has 1 fully saturated rings. The summed E-state index contributed by atoms with van der Waals surface area (Å²) in [4.78, 5) is 0. The number of rotatable bonds is 2. The normalized spacial score (nSPS) is 28.1. The predicted octanol–water partition coefficient (Wildman–Crippen LogP) is 0.984. The summed E-state index contributed by atoms with van der Waals surface area (Å²) in [6.45, 7) is 4.18. The van der Waals surface area contributed by atoms with Crippen LogP contribution in [-0.2, 0) is 9.84 Å². The van der Waals surface area contributed by atoms with Crippen LogP contribution in [0.3, 0.4) is 0 Å². The molecule has 1 radical (unpaired) electrons. The van der Waals surface area contributed by atoms with Crippen LogP contribution in [-0.4, -0.2) is 18.3 Å². The summed E-state index contributed by atoms with van der Waals surface area (Å²) in [6, 6.07) is 0. The summed E-state index contributed by atoms with van der Waals surface area (Å²) in [6.07, 6.45) is 0.940. The molecule has 0 aromatic rings. The Morgan fingerprint density at radius 3 is 2.38 bits per heavy atom. The molecule has 1 rings (SSSR count). The van der Waals surface area contributed by atoms with Gasteiger partial charge in [-0.15, -0.1) is 0 Å². The van der Waals surface area contributed by atoms with Crippen LogP contribution in [0, 0.1) is 0 Å². The van der Waals surface area contributed by atoms with Crippen LogP contribution in [0.25, 0.3) is 0 Å². The van der Waals surface area contributed by atoms with Crippen molar-refractivity contribution in [3.8, 4) is 0 Å². The van der Waals surface area contributed by atoms with Gasteiger partial charge in [0.1, 0.15) is 5.60 Å². The minimum atomic E-state index is -0.791. The lowest BCUT2D eigenvalue weighted by atomic mass is 10.0. The van der Waals surface area contributed by atoms with E-state index in [1.165, 1.54) is 0 Å². The van der Waals surface area contributed by atoms with Crippen molar-refractivity contribution in [2.45, 2.75) is 32.0 Å². The maximum atomic E-state index is 10.9. The SMILES string of the molecule is CC(C)([O])CC1CO1. The summed E-state index contributed by atoms with van der Waals surface area (Å²) in [5.74, 6) is 0. The smallest absolute Gasteiger partial charge is 0.101 e. The monoisotopic (exact) mass is 115 g/mol. The second-order valence-electron chi connectivity index (χ2n) is 2.92. The molecule has 1 aliphatic rings. The van der Waals surface area contributed by atoms with Gasteiger partial charge in [0.25, 0.3) is 0 Å². The van der Waals surface area contributed by atoms with Gasteiger partial charge in [0.05, 0.1) is 12.7 Å². The quantitative estimate of drug-likeness (QED) is 0.494. The highest BCUT2D eigenvalue weighted by molar-refractivity contribution is 4.78. The summed E-state index contributed by atoms with van der Waals surface area (Å²) >= 11 is 0. The largest absolute Gasteiger partial charge is 0.373 e. The molecular weight excluding hydrogens is 104 g/mol. The molecule has 47 valence electrons. The lowest BCUT2D eigenvalue weighted by molar-refractivity contribution is -0.00855. The third-order valence-corrected chi connectivity index (χ3v) is 1.12. The highest BCUT2D eigenvalue weighted by atomic mass is 16.6. The molecule has 0 spiro atoms. The van der Waals surface area contributed by atoms with E-state index in [2.05, 4.69) is 0 Å². The molecule has 2 nitrogen and oxygen atoms in total. The summed E-state index contributed by atoms with van der Waals surface area (Å²) in [5.41, 5.74) is -0.791. The van der Waals surface area contributed by atoms with Crippen molar-refractivity contribution in [1.82, 2.24) is 0 Å². The van der Waals surface area contributed by atoms with Crippen LogP contribution in [0.4, 0.5) is 0 Å². The molecule has 0 aromatic heterocycles. The zero-order valence-corrected chi connectivity index (χ0v) is 5.31. The zero-order valence-electron chi connectivity index (χ0n) is 5.31. The predicted molar refractivity (Wildman–Crippen MR) is 29.1 cm³/mol. The van der Waals surface area contributed by atoms with E-state index in [1.54, 1.807) is 13.8 Å². The standard InChI is InChI=1S/C6H11O2/c1-6(2,7)3-5-4-8-5/h5H,3-4H2,1-2H3. The molecule has 0 bridgehead atoms. The molecule has 2 heteroatoms. The Bertz CT molecular complexity index is 79.0. The molecule has 0 aliphatic carbocycles. The summed E-state index contributed by atoms with van der Waals surface area (Å²) < 4.78 is 4.88. The second-order valence-corrected chi connectivity index (χ2v) is 2.92. The van der Waals surface area contributed by atoms with Crippen LogP contribution in [0.15, 0.2) is 0 Å². The van der Waals surface area contributed by atoms with E-state index in [9.17, 15) is 5.11 Å². The van der Waals surface area contributed by atoms with Crippen molar-refractivity contribution in [1.29, 1.82) is 0 Å². The summed E-state index contributed by atoms with van der Waals surface area (Å²) in [5, 5.41) is 10.9. The zero-order chi connectivity index (χ0) is 6.20. The van der Waals surface area contributed by atoms with Crippen molar-refractivity contribution in [3.05, 3.63) is 0 Å². The van der Waals surface area contributed by atoms with Crippen molar-refractivity contribution < 1.29 is 9.84 Å². The van der Waals surface area contributed by atoms with E-state index in [-0.39, 0.29) is 6.10 Å². The number of hydrogen-bond acceptors (Lipinski definition) is 1. The van der Waals surface area contributed by atoms with E-state index in [0.29, 0.717) is 6.42 Å². The Hall–Kier alpha value is -0.0800. The van der Waals surface area contributed by atoms with E-state index in [4.69, 9.17) is 4.74 Å². The Labute approximate surface area is 49.5 Å². The van der Waals surface area contributed by atoms with Crippen LogP contribution in [0.1, 0.15) is 20.3 Å². The van der Waals surface area contributed by atoms with Crippen molar-refractivity contribution >= 4 is 0 Å². The topological polar surface area (TPSA) is 32.4 Å². The Balaban J connectivity index is 2.16. The van der Waals surface area contributed by atoms with Gasteiger partial charge in [-0.1, -0.05) is 0 Å². The van der Waals surface area contributed by atoms with Crippen LogP contribution in [0.5, 0.6) is 0 Å². The van der Waals surface area contributed by atoms with Crippen LogP contribution < -0.4 is 0 Å². The fourth-order valence-corrected chi connectivity index (χ4v) is 0.734. The molecule has 0 amide bonds. The number of hydrogen-bond donors (Lipinski definition) is 0. The highest BCUT2D eigenvalue weighted by Gasteiger charge is 2.30. The van der Waals surface area contributed by atoms with Gasteiger partial charge in [-0.25, -0.2) is 5.11 Å². The first kappa shape index (κ1) is 6.05. The Kier molecular flexibility index (Phi) is 1.29. The molecule has 0 N–H and O–H groups in total. The van der Waals surface area contributed by atoms with E-state index >= 15 is 0 Å². The molecule has 0 aromatic carbocycles. The molecule has 1 unspecified atom stereocenters. The molecule has 8 heavy (non-hydrogen) atoms. The van der Waals surface area contributed by atoms with Crippen molar-refractivity contribution in [2.75, 3.05) is 6.61 Å². The van der Waals surface area contributed by atoms with Crippen LogP contribution >= 0.6 is 0 Å². The fourth-order valence-electron chi connectivity index (χ4n) is 0.734. The van der Waals surface area contributed by atoms with Gasteiger partial charge >= 0.3 is 0 Å².